The Kier molecular flexibility index (Phi) is 3.40. The largest absolute Gasteiger partial charge is 0.314 e. The van der Waals surface area contributed by atoms with Gasteiger partial charge in [-0.2, -0.15) is 0 Å². The van der Waals surface area contributed by atoms with Crippen LogP contribution in [0, 0.1) is 12.8 Å². The predicted octanol–water partition coefficient (Wildman–Crippen LogP) is 2.74. The van der Waals surface area contributed by atoms with Gasteiger partial charge in [-0.15, -0.1) is 0 Å². The van der Waals surface area contributed by atoms with Crippen LogP contribution >= 0.6 is 0 Å². The molecule has 3 unspecified atom stereocenters. The zero-order valence-corrected chi connectivity index (χ0v) is 11.5. The van der Waals surface area contributed by atoms with Gasteiger partial charge in [-0.05, 0) is 44.7 Å². The monoisotopic (exact) mass is 244 g/mol. The maximum atomic E-state index is 3.64. The number of likely N-dealkylation sites (tertiary alicyclic amines) is 1. The van der Waals surface area contributed by atoms with Gasteiger partial charge in [0.1, 0.15) is 0 Å². The molecule has 2 heterocycles. The van der Waals surface area contributed by atoms with Gasteiger partial charge >= 0.3 is 0 Å². The Morgan fingerprint density at radius 3 is 3.06 bits per heavy atom. The minimum atomic E-state index is 0.562. The summed E-state index contributed by atoms with van der Waals surface area (Å²) in [5.74, 6) is 0.881. The third kappa shape index (κ3) is 2.32. The first kappa shape index (κ1) is 12.2. The predicted molar refractivity (Wildman–Crippen MR) is 75.7 cm³/mol. The highest BCUT2D eigenvalue weighted by Gasteiger charge is 2.34. The lowest BCUT2D eigenvalue weighted by Gasteiger charge is -2.38. The van der Waals surface area contributed by atoms with Gasteiger partial charge in [-0.1, -0.05) is 29.8 Å². The molecular formula is C16H24N2. The maximum Gasteiger partial charge on any atom is 0.0320 e. The third-order valence-electron chi connectivity index (χ3n) is 4.76. The Morgan fingerprint density at radius 2 is 2.22 bits per heavy atom. The summed E-state index contributed by atoms with van der Waals surface area (Å²) < 4.78 is 0. The van der Waals surface area contributed by atoms with E-state index in [1.807, 2.05) is 0 Å². The first-order valence-corrected chi connectivity index (χ1v) is 7.28. The molecule has 1 aromatic carbocycles. The molecule has 2 heteroatoms. The number of aryl methyl sites for hydroxylation is 1. The fourth-order valence-electron chi connectivity index (χ4n) is 3.57. The van der Waals surface area contributed by atoms with Crippen LogP contribution in [0.5, 0.6) is 0 Å². The zero-order valence-electron chi connectivity index (χ0n) is 11.5. The van der Waals surface area contributed by atoms with E-state index >= 15 is 0 Å². The minimum Gasteiger partial charge on any atom is -0.314 e. The minimum absolute atomic E-state index is 0.562. The summed E-state index contributed by atoms with van der Waals surface area (Å²) >= 11 is 0. The average Bonchev–Trinajstić information content (AvgIpc) is 2.85. The first-order chi connectivity index (χ1) is 8.74. The fourth-order valence-corrected chi connectivity index (χ4v) is 3.57. The Bertz CT molecular complexity index is 415. The molecular weight excluding hydrogens is 220 g/mol. The summed E-state index contributed by atoms with van der Waals surface area (Å²) in [6, 6.07) is 10.3. The number of hydrogen-bond acceptors (Lipinski definition) is 2. The van der Waals surface area contributed by atoms with Gasteiger partial charge < -0.3 is 5.32 Å². The summed E-state index contributed by atoms with van der Waals surface area (Å²) in [5.41, 5.74) is 2.84. The number of hydrogen-bond donors (Lipinski definition) is 1. The molecule has 98 valence electrons. The van der Waals surface area contributed by atoms with Crippen molar-refractivity contribution in [1.82, 2.24) is 10.2 Å². The van der Waals surface area contributed by atoms with Crippen molar-refractivity contribution < 1.29 is 0 Å². The number of benzene rings is 1. The van der Waals surface area contributed by atoms with Crippen LogP contribution in [0.25, 0.3) is 0 Å². The van der Waals surface area contributed by atoms with E-state index in [1.54, 1.807) is 0 Å². The number of fused-ring (bicyclic) bond motifs is 1. The molecule has 2 aliphatic rings. The van der Waals surface area contributed by atoms with Crippen molar-refractivity contribution >= 4 is 0 Å². The van der Waals surface area contributed by atoms with Gasteiger partial charge in [-0.25, -0.2) is 0 Å². The highest BCUT2D eigenvalue weighted by Crippen LogP contribution is 2.30. The van der Waals surface area contributed by atoms with Crippen LogP contribution in [0.1, 0.15) is 36.9 Å². The molecule has 1 N–H and O–H groups in total. The van der Waals surface area contributed by atoms with Crippen LogP contribution < -0.4 is 5.32 Å². The molecule has 0 saturated carbocycles. The molecule has 3 atom stereocenters. The molecule has 2 fully saturated rings. The van der Waals surface area contributed by atoms with Crippen molar-refractivity contribution in [3.05, 3.63) is 35.4 Å². The highest BCUT2D eigenvalue weighted by molar-refractivity contribution is 5.24. The lowest BCUT2D eigenvalue weighted by molar-refractivity contribution is 0.122. The molecule has 0 aliphatic carbocycles. The van der Waals surface area contributed by atoms with Crippen LogP contribution in [0.3, 0.4) is 0 Å². The molecule has 18 heavy (non-hydrogen) atoms. The number of nitrogens with one attached hydrogen (secondary N) is 1. The quantitative estimate of drug-likeness (QED) is 0.860. The fraction of sp³-hybridized carbons (Fsp3) is 0.625. The van der Waals surface area contributed by atoms with E-state index in [1.165, 1.54) is 43.6 Å². The van der Waals surface area contributed by atoms with Crippen molar-refractivity contribution in [3.63, 3.8) is 0 Å². The Labute approximate surface area is 110 Å². The SMILES string of the molecule is Cc1cccc(C(C)N2CCC3NCCC3C2)c1. The second-order valence-electron chi connectivity index (χ2n) is 5.98. The lowest BCUT2D eigenvalue weighted by Crippen LogP contribution is -2.45. The van der Waals surface area contributed by atoms with Gasteiger partial charge in [-0.3, -0.25) is 4.90 Å². The number of piperidine rings is 1. The van der Waals surface area contributed by atoms with E-state index in [9.17, 15) is 0 Å². The molecule has 1 aromatic rings. The van der Waals surface area contributed by atoms with Crippen molar-refractivity contribution in [2.24, 2.45) is 5.92 Å². The van der Waals surface area contributed by atoms with Crippen LogP contribution in [0.15, 0.2) is 24.3 Å². The molecule has 2 saturated heterocycles. The topological polar surface area (TPSA) is 15.3 Å². The molecule has 2 aliphatic heterocycles. The highest BCUT2D eigenvalue weighted by atomic mass is 15.2. The van der Waals surface area contributed by atoms with Gasteiger partial charge in [0.05, 0.1) is 0 Å². The summed E-state index contributed by atoms with van der Waals surface area (Å²) in [4.78, 5) is 2.67. The Morgan fingerprint density at radius 1 is 1.33 bits per heavy atom. The second kappa shape index (κ2) is 5.02. The summed E-state index contributed by atoms with van der Waals surface area (Å²) in [7, 11) is 0. The molecule has 0 bridgehead atoms. The van der Waals surface area contributed by atoms with E-state index in [2.05, 4.69) is 48.3 Å². The summed E-state index contributed by atoms with van der Waals surface area (Å²) in [6.07, 6.45) is 2.68. The summed E-state index contributed by atoms with van der Waals surface area (Å²) in [5, 5.41) is 3.64. The van der Waals surface area contributed by atoms with Crippen molar-refractivity contribution in [2.75, 3.05) is 19.6 Å². The first-order valence-electron chi connectivity index (χ1n) is 7.28. The van der Waals surface area contributed by atoms with Crippen LogP contribution in [-0.4, -0.2) is 30.6 Å². The van der Waals surface area contributed by atoms with Crippen molar-refractivity contribution in [2.45, 2.75) is 38.8 Å². The molecule has 2 nitrogen and oxygen atoms in total. The Balaban J connectivity index is 1.71. The molecule has 3 rings (SSSR count). The standard InChI is InChI=1S/C16H24N2/c1-12-4-3-5-14(10-12)13(2)18-9-7-16-15(11-18)6-8-17-16/h3-5,10,13,15-17H,6-9,11H2,1-2H3. The van der Waals surface area contributed by atoms with Gasteiger partial charge in [0.2, 0.25) is 0 Å². The van der Waals surface area contributed by atoms with E-state index in [0.29, 0.717) is 6.04 Å². The maximum absolute atomic E-state index is 3.64. The van der Waals surface area contributed by atoms with Gasteiger partial charge in [0.25, 0.3) is 0 Å². The molecule has 0 amide bonds. The van der Waals surface area contributed by atoms with E-state index in [4.69, 9.17) is 0 Å². The van der Waals surface area contributed by atoms with E-state index in [0.717, 1.165) is 12.0 Å². The number of rotatable bonds is 2. The van der Waals surface area contributed by atoms with E-state index in [-0.39, 0.29) is 0 Å². The lowest BCUT2D eigenvalue weighted by atomic mass is 9.91. The van der Waals surface area contributed by atoms with Crippen molar-refractivity contribution in [3.8, 4) is 0 Å². The van der Waals surface area contributed by atoms with Gasteiger partial charge in [0, 0.05) is 25.2 Å². The molecule has 0 aromatic heterocycles. The Hall–Kier alpha value is -0.860. The average molecular weight is 244 g/mol. The second-order valence-corrected chi connectivity index (χ2v) is 5.98. The van der Waals surface area contributed by atoms with E-state index < -0.39 is 0 Å². The van der Waals surface area contributed by atoms with Crippen LogP contribution in [0.4, 0.5) is 0 Å². The smallest absolute Gasteiger partial charge is 0.0320 e. The van der Waals surface area contributed by atoms with Gasteiger partial charge in [0.15, 0.2) is 0 Å². The third-order valence-corrected chi connectivity index (χ3v) is 4.76. The summed E-state index contributed by atoms with van der Waals surface area (Å²) in [6.45, 7) is 8.28. The number of nitrogens with zero attached hydrogens (tertiary/aromatic N) is 1. The zero-order chi connectivity index (χ0) is 12.5. The van der Waals surface area contributed by atoms with Crippen molar-refractivity contribution in [1.29, 1.82) is 0 Å². The normalized spacial score (nSPS) is 30.1. The molecule has 0 radical (unpaired) electrons. The van der Waals surface area contributed by atoms with Crippen LogP contribution in [-0.2, 0) is 0 Å². The van der Waals surface area contributed by atoms with Crippen LogP contribution in [0.2, 0.25) is 0 Å². The molecule has 0 spiro atoms.